The molecule has 0 bridgehead atoms. The summed E-state index contributed by atoms with van der Waals surface area (Å²) in [5, 5.41) is 0. The van der Waals surface area contributed by atoms with Gasteiger partial charge in [0.1, 0.15) is 0 Å². The fourth-order valence-corrected chi connectivity index (χ4v) is 1.28. The largest absolute Gasteiger partial charge is 0.460 e. The Labute approximate surface area is 139 Å². The number of alkyl halides is 17. The highest BCUT2D eigenvalue weighted by Gasteiger charge is 2.95. The van der Waals surface area contributed by atoms with Crippen LogP contribution in [-0.2, 0) is 0 Å². The lowest BCUT2D eigenvalue weighted by atomic mass is 9.89. The normalized spacial score (nSPS) is 16.7. The first kappa shape index (κ1) is 26.7. The van der Waals surface area contributed by atoms with Crippen molar-refractivity contribution in [2.45, 2.75) is 47.6 Å². The Balaban J connectivity index is 6.72. The minimum atomic E-state index is -8.85. The number of rotatable bonds is 7. The second-order valence-corrected chi connectivity index (χ2v) is 4.78. The van der Waals surface area contributed by atoms with Crippen LogP contribution in [-0.4, -0.2) is 47.6 Å². The molecule has 28 heavy (non-hydrogen) atoms. The van der Waals surface area contributed by atoms with Crippen molar-refractivity contribution in [1.29, 1.82) is 0 Å². The lowest BCUT2D eigenvalue weighted by Gasteiger charge is -2.42. The van der Waals surface area contributed by atoms with Gasteiger partial charge in [0, 0.05) is 0 Å². The molecule has 0 N–H and O–H groups in total. The third-order valence-electron chi connectivity index (χ3n) is 2.96. The van der Waals surface area contributed by atoms with Crippen molar-refractivity contribution in [3.63, 3.8) is 0 Å². The monoisotopic (exact) mass is 469 g/mol. The Kier molecular flexibility index (Phi) is 6.03. The molecule has 19 heteroatoms. The van der Waals surface area contributed by atoms with Gasteiger partial charge in [-0.2, -0.15) is 83.4 Å². The Hall–Kier alpha value is -1.33. The van der Waals surface area contributed by atoms with Gasteiger partial charge in [-0.15, -0.1) is 0 Å². The summed E-state index contributed by atoms with van der Waals surface area (Å²) in [6.07, 6.45) is -13.0. The van der Waals surface area contributed by atoms with Crippen molar-refractivity contribution in [3.05, 3.63) is 6.43 Å². The molecule has 0 aromatic carbocycles. The van der Waals surface area contributed by atoms with Crippen LogP contribution in [0.3, 0.4) is 0 Å². The molecule has 0 nitrogen and oxygen atoms in total. The van der Waals surface area contributed by atoms with Crippen molar-refractivity contribution in [2.75, 3.05) is 0 Å². The Bertz CT molecular complexity index is 564. The number of hydrogen-bond donors (Lipinski definition) is 0. The van der Waals surface area contributed by atoms with Crippen molar-refractivity contribution in [3.8, 4) is 0 Å². The van der Waals surface area contributed by atoms with Crippen LogP contribution in [0.2, 0.25) is 0 Å². The summed E-state index contributed by atoms with van der Waals surface area (Å²) in [5.74, 6) is -59.4. The van der Waals surface area contributed by atoms with E-state index in [-0.39, 0.29) is 0 Å². The first-order chi connectivity index (χ1) is 11.7. The smallest absolute Gasteiger partial charge is 0.192 e. The first-order valence-electron chi connectivity index (χ1n) is 5.59. The highest BCUT2D eigenvalue weighted by atomic mass is 19.4. The summed E-state index contributed by atoms with van der Waals surface area (Å²) in [4.78, 5) is 0. The highest BCUT2D eigenvalue weighted by Crippen LogP contribution is 2.64. The van der Waals surface area contributed by atoms with E-state index in [4.69, 9.17) is 0 Å². The molecule has 0 aliphatic carbocycles. The van der Waals surface area contributed by atoms with E-state index in [9.17, 15) is 83.4 Å². The summed E-state index contributed by atoms with van der Waals surface area (Å²) in [7, 11) is 0. The van der Waals surface area contributed by atoms with Gasteiger partial charge in [-0.1, -0.05) is 0 Å². The second-order valence-electron chi connectivity index (χ2n) is 4.78. The van der Waals surface area contributed by atoms with E-state index in [1.807, 2.05) is 0 Å². The first-order valence-corrected chi connectivity index (χ1v) is 5.59. The zero-order valence-corrected chi connectivity index (χ0v) is 11.7. The molecule has 0 heterocycles. The van der Waals surface area contributed by atoms with Crippen LogP contribution < -0.4 is 0 Å². The second kappa shape index (κ2) is 6.33. The van der Waals surface area contributed by atoms with E-state index in [1.165, 1.54) is 0 Å². The molecule has 0 saturated heterocycles. The number of hydrogen-bond acceptors (Lipinski definition) is 0. The van der Waals surface area contributed by atoms with Gasteiger partial charge in [0.05, 0.1) is 0 Å². The summed E-state index contributed by atoms with van der Waals surface area (Å²) >= 11 is 0. The van der Waals surface area contributed by atoms with Crippen molar-refractivity contribution < 1.29 is 83.4 Å². The van der Waals surface area contributed by atoms with E-state index in [2.05, 4.69) is 0 Å². The van der Waals surface area contributed by atoms with Crippen LogP contribution in [0, 0.1) is 6.43 Å². The maximum Gasteiger partial charge on any atom is 0.460 e. The average Bonchev–Trinajstić information content (AvgIpc) is 2.44. The molecule has 0 aromatic heterocycles. The van der Waals surface area contributed by atoms with Crippen molar-refractivity contribution in [2.24, 2.45) is 0 Å². The molecular weight excluding hydrogens is 469 g/mol. The maximum atomic E-state index is 12.9. The molecule has 169 valence electrons. The standard InChI is InChI=1S/C9F19/c10-1(11)2(12,13)3(14,15)4(16,17)5(18,19)6(20,21)7(22,23)8(24,25)9(26,27)28. The summed E-state index contributed by atoms with van der Waals surface area (Å²) in [6, 6.07) is 0. The van der Waals surface area contributed by atoms with Gasteiger partial charge >= 0.3 is 54.1 Å². The molecule has 0 spiro atoms. The quantitative estimate of drug-likeness (QED) is 0.378. The molecule has 0 fully saturated rings. The predicted molar refractivity (Wildman–Crippen MR) is 46.1 cm³/mol. The van der Waals surface area contributed by atoms with Gasteiger partial charge < -0.3 is 0 Å². The third-order valence-corrected chi connectivity index (χ3v) is 2.96. The molecule has 0 unspecified atom stereocenters. The minimum Gasteiger partial charge on any atom is -0.192 e. The van der Waals surface area contributed by atoms with E-state index in [0.717, 1.165) is 0 Å². The van der Waals surface area contributed by atoms with Crippen molar-refractivity contribution >= 4 is 0 Å². The summed E-state index contributed by atoms with van der Waals surface area (Å²) in [6.45, 7) is 0. The van der Waals surface area contributed by atoms with E-state index in [0.29, 0.717) is 0 Å². The van der Waals surface area contributed by atoms with Crippen LogP contribution in [0.15, 0.2) is 0 Å². The van der Waals surface area contributed by atoms with E-state index >= 15 is 0 Å². The van der Waals surface area contributed by atoms with Crippen molar-refractivity contribution in [1.82, 2.24) is 0 Å². The van der Waals surface area contributed by atoms with Gasteiger partial charge in [-0.25, -0.2) is 0 Å². The lowest BCUT2D eigenvalue weighted by molar-refractivity contribution is -0.462. The van der Waals surface area contributed by atoms with E-state index in [1.54, 1.807) is 0 Å². The van der Waals surface area contributed by atoms with Crippen LogP contribution in [0.5, 0.6) is 0 Å². The molecule has 0 atom stereocenters. The molecular formula is C9F19. The molecule has 0 aromatic rings. The Morgan fingerprint density at radius 1 is 0.321 bits per heavy atom. The van der Waals surface area contributed by atoms with Gasteiger partial charge in [0.25, 0.3) is 0 Å². The molecule has 0 rings (SSSR count). The molecule has 0 aliphatic rings. The van der Waals surface area contributed by atoms with Crippen LogP contribution in [0.1, 0.15) is 0 Å². The van der Waals surface area contributed by atoms with Crippen LogP contribution >= 0.6 is 0 Å². The predicted octanol–water partition coefficient (Wildman–Crippen LogP) is 6.42. The Morgan fingerprint density at radius 2 is 0.536 bits per heavy atom. The minimum absolute atomic E-state index is 5.14. The Morgan fingerprint density at radius 3 is 0.750 bits per heavy atom. The third kappa shape index (κ3) is 3.02. The van der Waals surface area contributed by atoms with Gasteiger partial charge in [0.15, 0.2) is 0 Å². The SMILES string of the molecule is F[C](F)C(F)(F)C(F)(F)C(F)(F)C(F)(F)C(F)(F)C(F)(F)C(F)(F)C(F)(F)F. The fourth-order valence-electron chi connectivity index (χ4n) is 1.28. The highest BCUT2D eigenvalue weighted by molar-refractivity contribution is 5.16. The fraction of sp³-hybridized carbons (Fsp3) is 0.889. The summed E-state index contributed by atoms with van der Waals surface area (Å²) in [5.41, 5.74) is 0. The van der Waals surface area contributed by atoms with Gasteiger partial charge in [0.2, 0.25) is 0 Å². The molecule has 0 aliphatic heterocycles. The van der Waals surface area contributed by atoms with Gasteiger partial charge in [-0.3, -0.25) is 0 Å². The van der Waals surface area contributed by atoms with Crippen LogP contribution in [0.4, 0.5) is 83.4 Å². The lowest BCUT2D eigenvalue weighted by Crippen LogP contribution is -2.74. The van der Waals surface area contributed by atoms with Crippen LogP contribution in [0.25, 0.3) is 0 Å². The number of halogens is 19. The summed E-state index contributed by atoms with van der Waals surface area (Å²) < 4.78 is 236. The molecule has 0 saturated carbocycles. The average molecular weight is 469 g/mol. The maximum absolute atomic E-state index is 12.9. The van der Waals surface area contributed by atoms with Gasteiger partial charge in [-0.05, 0) is 0 Å². The topological polar surface area (TPSA) is 0 Å². The van der Waals surface area contributed by atoms with E-state index < -0.39 is 54.1 Å². The molecule has 1 radical (unpaired) electrons. The zero-order valence-electron chi connectivity index (χ0n) is 11.7. The molecule has 0 amide bonds. The zero-order chi connectivity index (χ0) is 23.6.